The normalized spacial score (nSPS) is 18.2. The van der Waals surface area contributed by atoms with Crippen LogP contribution in [0.15, 0.2) is 15.9 Å². The van der Waals surface area contributed by atoms with Crippen molar-refractivity contribution in [3.63, 3.8) is 0 Å². The lowest BCUT2D eigenvalue weighted by Crippen LogP contribution is -2.49. The summed E-state index contributed by atoms with van der Waals surface area (Å²) in [4.78, 5) is 18.1. The molecule has 0 spiro atoms. The lowest BCUT2D eigenvalue weighted by atomic mass is 10.0. The number of piperazine rings is 1. The summed E-state index contributed by atoms with van der Waals surface area (Å²) in [6.07, 6.45) is 2.09. The standard InChI is InChI=1S/C15H23BrN2OS/c1-3-4-12(2)15(19)18-9-7-17(8-10-18)11-13-5-6-14(16)20-13/h5-6,12H,3-4,7-11H2,1-2H3. The van der Waals surface area contributed by atoms with Crippen LogP contribution in [0.5, 0.6) is 0 Å². The van der Waals surface area contributed by atoms with E-state index in [-0.39, 0.29) is 5.92 Å². The average molecular weight is 359 g/mol. The Bertz CT molecular complexity index is 441. The van der Waals surface area contributed by atoms with Crippen molar-refractivity contribution in [3.8, 4) is 0 Å². The molecule has 1 amide bonds. The van der Waals surface area contributed by atoms with Crippen LogP contribution in [0.25, 0.3) is 0 Å². The average Bonchev–Trinajstić information content (AvgIpc) is 2.84. The third-order valence-corrected chi connectivity index (χ3v) is 5.44. The molecule has 2 heterocycles. The van der Waals surface area contributed by atoms with Crippen LogP contribution in [-0.2, 0) is 11.3 Å². The SMILES string of the molecule is CCCC(C)C(=O)N1CCN(Cc2ccc(Br)s2)CC1. The zero-order valence-electron chi connectivity index (χ0n) is 12.3. The van der Waals surface area contributed by atoms with E-state index in [4.69, 9.17) is 0 Å². The number of rotatable bonds is 5. The van der Waals surface area contributed by atoms with Gasteiger partial charge in [0.2, 0.25) is 5.91 Å². The second-order valence-electron chi connectivity index (χ2n) is 5.50. The van der Waals surface area contributed by atoms with Crippen molar-refractivity contribution in [2.45, 2.75) is 33.2 Å². The molecular formula is C15H23BrN2OS. The van der Waals surface area contributed by atoms with Crippen molar-refractivity contribution in [1.82, 2.24) is 9.80 Å². The van der Waals surface area contributed by atoms with Crippen LogP contribution in [0, 0.1) is 5.92 Å². The maximum absolute atomic E-state index is 12.3. The van der Waals surface area contributed by atoms with Crippen LogP contribution in [0.2, 0.25) is 0 Å². The van der Waals surface area contributed by atoms with Crippen molar-refractivity contribution >= 4 is 33.2 Å². The van der Waals surface area contributed by atoms with Crippen LogP contribution < -0.4 is 0 Å². The zero-order valence-corrected chi connectivity index (χ0v) is 14.7. The monoisotopic (exact) mass is 358 g/mol. The van der Waals surface area contributed by atoms with E-state index >= 15 is 0 Å². The maximum atomic E-state index is 12.3. The van der Waals surface area contributed by atoms with Gasteiger partial charge in [0.05, 0.1) is 3.79 Å². The fraction of sp³-hybridized carbons (Fsp3) is 0.667. The molecule has 1 unspecified atom stereocenters. The number of amides is 1. The topological polar surface area (TPSA) is 23.6 Å². The van der Waals surface area contributed by atoms with Gasteiger partial charge in [0.1, 0.15) is 0 Å². The Morgan fingerprint density at radius 2 is 2.05 bits per heavy atom. The summed E-state index contributed by atoms with van der Waals surface area (Å²) in [5.41, 5.74) is 0. The summed E-state index contributed by atoms with van der Waals surface area (Å²) in [6.45, 7) is 8.92. The summed E-state index contributed by atoms with van der Waals surface area (Å²) in [5, 5.41) is 0. The largest absolute Gasteiger partial charge is 0.340 e. The lowest BCUT2D eigenvalue weighted by Gasteiger charge is -2.35. The number of carbonyl (C=O) groups is 1. The highest BCUT2D eigenvalue weighted by molar-refractivity contribution is 9.11. The van der Waals surface area contributed by atoms with Crippen LogP contribution >= 0.6 is 27.3 Å². The van der Waals surface area contributed by atoms with Crippen LogP contribution in [0.3, 0.4) is 0 Å². The Balaban J connectivity index is 1.78. The highest BCUT2D eigenvalue weighted by Gasteiger charge is 2.24. The number of hydrogen-bond acceptors (Lipinski definition) is 3. The first-order valence-electron chi connectivity index (χ1n) is 7.35. The van der Waals surface area contributed by atoms with Crippen LogP contribution in [0.1, 0.15) is 31.6 Å². The van der Waals surface area contributed by atoms with E-state index in [9.17, 15) is 4.79 Å². The van der Waals surface area contributed by atoms with Gasteiger partial charge < -0.3 is 4.90 Å². The maximum Gasteiger partial charge on any atom is 0.225 e. The van der Waals surface area contributed by atoms with Gasteiger partial charge in [0, 0.05) is 43.5 Å². The molecule has 0 bridgehead atoms. The van der Waals surface area contributed by atoms with Gasteiger partial charge in [0.15, 0.2) is 0 Å². The number of carbonyl (C=O) groups excluding carboxylic acids is 1. The number of thiophene rings is 1. The molecule has 3 nitrogen and oxygen atoms in total. The van der Waals surface area contributed by atoms with Gasteiger partial charge in [-0.15, -0.1) is 11.3 Å². The van der Waals surface area contributed by atoms with E-state index in [2.05, 4.69) is 46.8 Å². The second-order valence-corrected chi connectivity index (χ2v) is 8.04. The summed E-state index contributed by atoms with van der Waals surface area (Å²) < 4.78 is 1.19. The smallest absolute Gasteiger partial charge is 0.225 e. The Kier molecular flexibility index (Phi) is 6.05. The molecule has 0 aliphatic carbocycles. The predicted octanol–water partition coefficient (Wildman–Crippen LogP) is 3.59. The summed E-state index contributed by atoms with van der Waals surface area (Å²) in [7, 11) is 0. The van der Waals surface area contributed by atoms with Crippen molar-refractivity contribution in [2.24, 2.45) is 5.92 Å². The molecule has 0 saturated carbocycles. The van der Waals surface area contributed by atoms with E-state index in [0.717, 1.165) is 45.6 Å². The fourth-order valence-corrected chi connectivity index (χ4v) is 4.18. The number of nitrogens with zero attached hydrogens (tertiary/aromatic N) is 2. The Morgan fingerprint density at radius 1 is 1.35 bits per heavy atom. The Hall–Kier alpha value is -0.390. The van der Waals surface area contributed by atoms with E-state index < -0.39 is 0 Å². The van der Waals surface area contributed by atoms with Gasteiger partial charge in [-0.25, -0.2) is 0 Å². The molecule has 1 saturated heterocycles. The molecule has 112 valence electrons. The highest BCUT2D eigenvalue weighted by atomic mass is 79.9. The van der Waals surface area contributed by atoms with Gasteiger partial charge in [0.25, 0.3) is 0 Å². The quantitative estimate of drug-likeness (QED) is 0.802. The first-order chi connectivity index (χ1) is 9.60. The van der Waals surface area contributed by atoms with E-state index in [1.54, 1.807) is 11.3 Å². The van der Waals surface area contributed by atoms with E-state index in [1.807, 2.05) is 4.90 Å². The highest BCUT2D eigenvalue weighted by Crippen LogP contribution is 2.23. The third kappa shape index (κ3) is 4.30. The molecule has 1 aromatic heterocycles. The van der Waals surface area contributed by atoms with E-state index in [0.29, 0.717) is 5.91 Å². The minimum Gasteiger partial charge on any atom is -0.340 e. The molecule has 1 atom stereocenters. The molecule has 1 fully saturated rings. The minimum atomic E-state index is 0.180. The second kappa shape index (κ2) is 7.57. The third-order valence-electron chi connectivity index (χ3n) is 3.84. The van der Waals surface area contributed by atoms with E-state index in [1.165, 1.54) is 8.66 Å². The van der Waals surface area contributed by atoms with Crippen molar-refractivity contribution in [2.75, 3.05) is 26.2 Å². The van der Waals surface area contributed by atoms with Crippen molar-refractivity contribution in [1.29, 1.82) is 0 Å². The molecule has 0 aromatic carbocycles. The van der Waals surface area contributed by atoms with Gasteiger partial charge in [-0.2, -0.15) is 0 Å². The number of halogens is 1. The zero-order chi connectivity index (χ0) is 14.5. The Labute approximate surface area is 134 Å². The predicted molar refractivity (Wildman–Crippen MR) is 87.9 cm³/mol. The van der Waals surface area contributed by atoms with Gasteiger partial charge >= 0.3 is 0 Å². The molecule has 0 radical (unpaired) electrons. The fourth-order valence-electron chi connectivity index (χ4n) is 2.65. The lowest BCUT2D eigenvalue weighted by molar-refractivity contribution is -0.137. The molecule has 1 aliphatic rings. The molecule has 0 N–H and O–H groups in total. The number of hydrogen-bond donors (Lipinski definition) is 0. The van der Waals surface area contributed by atoms with Crippen molar-refractivity contribution < 1.29 is 4.79 Å². The van der Waals surface area contributed by atoms with Gasteiger partial charge in [-0.1, -0.05) is 20.3 Å². The summed E-state index contributed by atoms with van der Waals surface area (Å²) in [5.74, 6) is 0.519. The first-order valence-corrected chi connectivity index (χ1v) is 8.96. The minimum absolute atomic E-state index is 0.180. The molecular weight excluding hydrogens is 336 g/mol. The Morgan fingerprint density at radius 3 is 2.60 bits per heavy atom. The van der Waals surface area contributed by atoms with Crippen molar-refractivity contribution in [3.05, 3.63) is 20.8 Å². The van der Waals surface area contributed by atoms with Crippen LogP contribution in [-0.4, -0.2) is 41.9 Å². The van der Waals surface area contributed by atoms with Crippen LogP contribution in [0.4, 0.5) is 0 Å². The molecule has 5 heteroatoms. The molecule has 1 aromatic rings. The van der Waals surface area contributed by atoms with Gasteiger partial charge in [-0.05, 0) is 34.5 Å². The van der Waals surface area contributed by atoms with Gasteiger partial charge in [-0.3, -0.25) is 9.69 Å². The summed E-state index contributed by atoms with van der Waals surface area (Å²) >= 11 is 5.30. The molecule has 20 heavy (non-hydrogen) atoms. The molecule has 2 rings (SSSR count). The first kappa shape index (κ1) is 16.0. The molecule has 1 aliphatic heterocycles. The summed E-state index contributed by atoms with van der Waals surface area (Å²) in [6, 6.07) is 4.28.